The van der Waals surface area contributed by atoms with E-state index in [1.165, 1.54) is 24.5 Å². The van der Waals surface area contributed by atoms with Crippen LogP contribution in [0.15, 0.2) is 78.0 Å². The van der Waals surface area contributed by atoms with E-state index in [9.17, 15) is 18.0 Å². The van der Waals surface area contributed by atoms with Crippen molar-refractivity contribution in [3.63, 3.8) is 0 Å². The summed E-state index contributed by atoms with van der Waals surface area (Å²) >= 11 is 0. The van der Waals surface area contributed by atoms with Crippen molar-refractivity contribution in [2.45, 2.75) is 4.90 Å². The van der Waals surface area contributed by atoms with Crippen LogP contribution in [0.3, 0.4) is 0 Å². The number of imide groups is 1. The molecule has 5 rings (SSSR count). The smallest absolute Gasteiger partial charge is 0.268 e. The molecule has 0 radical (unpaired) electrons. The van der Waals surface area contributed by atoms with Crippen LogP contribution in [0.25, 0.3) is 11.0 Å². The Kier molecular flexibility index (Phi) is 3.91. The third-order valence-electron chi connectivity index (χ3n) is 5.15. The second-order valence-corrected chi connectivity index (χ2v) is 8.80. The lowest BCUT2D eigenvalue weighted by atomic mass is 9.97. The minimum Gasteiger partial charge on any atom is -0.268 e. The van der Waals surface area contributed by atoms with Crippen molar-refractivity contribution >= 4 is 51.9 Å². The Labute approximate surface area is 173 Å². The van der Waals surface area contributed by atoms with Crippen LogP contribution in [-0.2, 0) is 10.0 Å². The largest absolute Gasteiger partial charge is 0.269 e. The molecular weight excluding hydrogens is 401 g/mol. The van der Waals surface area contributed by atoms with Gasteiger partial charge in [0.2, 0.25) is 0 Å². The molecule has 0 spiro atoms. The molecule has 7 nitrogen and oxygen atoms in total. The van der Waals surface area contributed by atoms with Crippen molar-refractivity contribution in [2.24, 2.45) is 0 Å². The Bertz CT molecular complexity index is 1430. The van der Waals surface area contributed by atoms with Crippen LogP contribution >= 0.6 is 0 Å². The number of pyridine rings is 1. The standard InChI is InChI=1S/C21H14BN3O4S/c22-18-12-24(30(28,29)14-6-2-1-3-7-14)19-17(18)10-13(11-23-19)25-20(26)15-8-4-5-9-16(15)21(25)27/h1-12H,22H2. The first kappa shape index (κ1) is 18.3. The number of amides is 2. The van der Waals surface area contributed by atoms with Crippen molar-refractivity contribution in [3.05, 3.63) is 84.2 Å². The number of benzene rings is 2. The zero-order valence-electron chi connectivity index (χ0n) is 15.8. The van der Waals surface area contributed by atoms with E-state index in [1.54, 1.807) is 56.4 Å². The van der Waals surface area contributed by atoms with E-state index in [2.05, 4.69) is 4.98 Å². The van der Waals surface area contributed by atoms with Gasteiger partial charge in [0, 0.05) is 11.6 Å². The van der Waals surface area contributed by atoms with E-state index in [0.29, 0.717) is 27.7 Å². The van der Waals surface area contributed by atoms with Gasteiger partial charge in [-0.3, -0.25) is 9.59 Å². The van der Waals surface area contributed by atoms with Gasteiger partial charge in [0.05, 0.1) is 27.9 Å². The first-order valence-corrected chi connectivity index (χ1v) is 10.6. The number of hydrogen-bond donors (Lipinski definition) is 0. The molecule has 1 aliphatic rings. The van der Waals surface area contributed by atoms with Crippen LogP contribution in [0.4, 0.5) is 5.69 Å². The molecular formula is C21H14BN3O4S. The number of nitrogens with zero attached hydrogens (tertiary/aromatic N) is 3. The van der Waals surface area contributed by atoms with Gasteiger partial charge in [-0.1, -0.05) is 35.8 Å². The second-order valence-electron chi connectivity index (χ2n) is 6.98. The lowest BCUT2D eigenvalue weighted by Crippen LogP contribution is -2.29. The number of rotatable bonds is 3. The van der Waals surface area contributed by atoms with Gasteiger partial charge in [0.15, 0.2) is 5.65 Å². The normalized spacial score (nSPS) is 13.8. The highest BCUT2D eigenvalue weighted by Gasteiger charge is 2.36. The molecule has 0 unspecified atom stereocenters. The first-order valence-electron chi connectivity index (χ1n) is 9.16. The van der Waals surface area contributed by atoms with Crippen LogP contribution in [0.5, 0.6) is 0 Å². The number of carbonyl (C=O) groups excluding carboxylic acids is 2. The summed E-state index contributed by atoms with van der Waals surface area (Å²) in [5.41, 5.74) is 1.87. The van der Waals surface area contributed by atoms with Gasteiger partial charge in [-0.2, -0.15) is 0 Å². The SMILES string of the molecule is Bc1cn(S(=O)(=O)c2ccccc2)c2ncc(N3C(=O)c4ccccc4C3=O)cc12. The first-order chi connectivity index (χ1) is 14.4. The second kappa shape index (κ2) is 6.40. The quantitative estimate of drug-likeness (QED) is 0.372. The molecule has 0 N–H and O–H groups in total. The molecule has 0 aliphatic carbocycles. The number of fused-ring (bicyclic) bond motifs is 2. The summed E-state index contributed by atoms with van der Waals surface area (Å²) in [5.74, 6) is -0.850. The van der Waals surface area contributed by atoms with E-state index in [4.69, 9.17) is 0 Å². The van der Waals surface area contributed by atoms with Crippen LogP contribution in [0.1, 0.15) is 20.7 Å². The summed E-state index contributed by atoms with van der Waals surface area (Å²) in [4.78, 5) is 31.0. The fourth-order valence-corrected chi connectivity index (χ4v) is 5.05. The molecule has 2 aromatic heterocycles. The number of carbonyl (C=O) groups is 2. The van der Waals surface area contributed by atoms with E-state index < -0.39 is 21.8 Å². The molecule has 9 heteroatoms. The lowest BCUT2D eigenvalue weighted by Gasteiger charge is -2.14. The van der Waals surface area contributed by atoms with Crippen molar-refractivity contribution < 1.29 is 18.0 Å². The summed E-state index contributed by atoms with van der Waals surface area (Å²) in [7, 11) is -2.08. The topological polar surface area (TPSA) is 89.3 Å². The lowest BCUT2D eigenvalue weighted by molar-refractivity contribution is 0.0926. The summed E-state index contributed by atoms with van der Waals surface area (Å²) < 4.78 is 27.2. The van der Waals surface area contributed by atoms with Gasteiger partial charge in [-0.05, 0) is 30.3 Å². The Hall–Kier alpha value is -3.72. The van der Waals surface area contributed by atoms with Crippen molar-refractivity contribution in [3.8, 4) is 0 Å². The van der Waals surface area contributed by atoms with Crippen LogP contribution in [0.2, 0.25) is 0 Å². The molecule has 3 heterocycles. The van der Waals surface area contributed by atoms with Gasteiger partial charge in [-0.15, -0.1) is 0 Å². The maximum absolute atomic E-state index is 13.1. The van der Waals surface area contributed by atoms with E-state index in [-0.39, 0.29) is 10.5 Å². The van der Waals surface area contributed by atoms with Gasteiger partial charge < -0.3 is 0 Å². The number of aromatic nitrogens is 2. The Morgan fingerprint density at radius 2 is 1.47 bits per heavy atom. The van der Waals surface area contributed by atoms with Crippen LogP contribution in [-0.4, -0.2) is 37.0 Å². The third kappa shape index (κ3) is 2.52. The Morgan fingerprint density at radius 3 is 2.10 bits per heavy atom. The zero-order valence-corrected chi connectivity index (χ0v) is 16.6. The van der Waals surface area contributed by atoms with Crippen LogP contribution < -0.4 is 10.4 Å². The van der Waals surface area contributed by atoms with Crippen LogP contribution in [0, 0.1) is 0 Å². The average molecular weight is 415 g/mol. The molecule has 146 valence electrons. The van der Waals surface area contributed by atoms with E-state index >= 15 is 0 Å². The van der Waals surface area contributed by atoms with Crippen molar-refractivity contribution in [1.82, 2.24) is 8.96 Å². The monoisotopic (exact) mass is 415 g/mol. The van der Waals surface area contributed by atoms with Gasteiger partial charge >= 0.3 is 0 Å². The summed E-state index contributed by atoms with van der Waals surface area (Å²) in [6.45, 7) is 0. The predicted molar refractivity (Wildman–Crippen MR) is 115 cm³/mol. The Morgan fingerprint density at radius 1 is 0.867 bits per heavy atom. The Balaban J connectivity index is 1.64. The highest BCUT2D eigenvalue weighted by Crippen LogP contribution is 2.30. The molecule has 2 amide bonds. The summed E-state index contributed by atoms with van der Waals surface area (Å²) in [5, 5.41) is 0.545. The zero-order chi connectivity index (χ0) is 21.0. The van der Waals surface area contributed by atoms with Crippen molar-refractivity contribution in [2.75, 3.05) is 4.90 Å². The van der Waals surface area contributed by atoms with E-state index in [1.807, 2.05) is 0 Å². The maximum atomic E-state index is 13.1. The minimum absolute atomic E-state index is 0.146. The third-order valence-corrected chi connectivity index (χ3v) is 6.81. The molecule has 30 heavy (non-hydrogen) atoms. The van der Waals surface area contributed by atoms with E-state index in [0.717, 1.165) is 8.87 Å². The summed E-state index contributed by atoms with van der Waals surface area (Å²) in [6, 6.07) is 16.3. The number of hydrogen-bond acceptors (Lipinski definition) is 5. The van der Waals surface area contributed by atoms with Crippen molar-refractivity contribution in [1.29, 1.82) is 0 Å². The predicted octanol–water partition coefficient (Wildman–Crippen LogP) is 1.33. The fraction of sp³-hybridized carbons (Fsp3) is 0. The highest BCUT2D eigenvalue weighted by molar-refractivity contribution is 7.90. The molecule has 0 saturated carbocycles. The minimum atomic E-state index is -3.84. The molecule has 4 aromatic rings. The summed E-state index contributed by atoms with van der Waals surface area (Å²) in [6.07, 6.45) is 2.84. The fourth-order valence-electron chi connectivity index (χ4n) is 3.65. The molecule has 0 fully saturated rings. The molecule has 0 bridgehead atoms. The molecule has 0 atom stereocenters. The average Bonchev–Trinajstić information content (AvgIpc) is 3.23. The molecule has 1 aliphatic heterocycles. The molecule has 2 aromatic carbocycles. The molecule has 0 saturated heterocycles. The van der Waals surface area contributed by atoms with Gasteiger partial charge in [-0.25, -0.2) is 22.3 Å². The highest BCUT2D eigenvalue weighted by atomic mass is 32.2. The van der Waals surface area contributed by atoms with Gasteiger partial charge in [0.1, 0.15) is 7.85 Å². The number of anilines is 1. The maximum Gasteiger partial charge on any atom is 0.269 e. The van der Waals surface area contributed by atoms with Gasteiger partial charge in [0.25, 0.3) is 21.8 Å².